The Balaban J connectivity index is 0.00000137. The van der Waals surface area contributed by atoms with Gasteiger partial charge in [-0.05, 0) is 7.05 Å². The summed E-state index contributed by atoms with van der Waals surface area (Å²) < 4.78 is 5.31. The zero-order valence-corrected chi connectivity index (χ0v) is 11.4. The highest BCUT2D eigenvalue weighted by molar-refractivity contribution is 7.80. The maximum Gasteiger partial charge on any atom is 0.175 e. The third-order valence-corrected chi connectivity index (χ3v) is 2.69. The molecule has 1 heterocycles. The molecular formula is C11H20N2O4S. The Morgan fingerprint density at radius 2 is 2.17 bits per heavy atom. The highest BCUT2D eigenvalue weighted by atomic mass is 32.1. The number of thiocarbonyl (C=S) groups is 1. The summed E-state index contributed by atoms with van der Waals surface area (Å²) in [4.78, 5) is 11.1. The molecule has 0 aromatic carbocycles. The van der Waals surface area contributed by atoms with Gasteiger partial charge in [0.2, 0.25) is 0 Å². The standard InChI is InChI=1S/C10H15NO4S.CH5N/c1-5(6(2)13)11-10(16)9-8(14)3-7(4-12)15-9;1-2/h7-9,12,14H,1,3-4H2,2H3,(H,11,16);2H2,1H3/t7-,8-,9?;/m0./s1. The first-order chi connectivity index (χ1) is 8.45. The first kappa shape index (κ1) is 17.1. The van der Waals surface area contributed by atoms with E-state index in [0.717, 1.165) is 0 Å². The molecule has 1 fully saturated rings. The zero-order chi connectivity index (χ0) is 14.3. The lowest BCUT2D eigenvalue weighted by Crippen LogP contribution is -2.39. The van der Waals surface area contributed by atoms with Crippen LogP contribution in [0.4, 0.5) is 0 Å². The molecule has 1 unspecified atom stereocenters. The van der Waals surface area contributed by atoms with Gasteiger partial charge in [-0.15, -0.1) is 0 Å². The summed E-state index contributed by atoms with van der Waals surface area (Å²) in [6.45, 7) is 4.69. The molecule has 5 N–H and O–H groups in total. The predicted molar refractivity (Wildman–Crippen MR) is 72.0 cm³/mol. The van der Waals surface area contributed by atoms with Gasteiger partial charge in [-0.2, -0.15) is 0 Å². The van der Waals surface area contributed by atoms with Crippen LogP contribution < -0.4 is 11.1 Å². The van der Waals surface area contributed by atoms with Crippen molar-refractivity contribution in [3.05, 3.63) is 12.3 Å². The number of hydrogen-bond donors (Lipinski definition) is 4. The van der Waals surface area contributed by atoms with Gasteiger partial charge in [-0.3, -0.25) is 4.79 Å². The highest BCUT2D eigenvalue weighted by Gasteiger charge is 2.36. The number of ether oxygens (including phenoxy) is 1. The molecule has 6 nitrogen and oxygen atoms in total. The average Bonchev–Trinajstić information content (AvgIpc) is 2.73. The molecule has 1 aliphatic heterocycles. The molecule has 0 aromatic rings. The molecule has 1 rings (SSSR count). The molecule has 0 saturated carbocycles. The van der Waals surface area contributed by atoms with E-state index in [1.54, 1.807) is 0 Å². The van der Waals surface area contributed by atoms with Gasteiger partial charge in [0.25, 0.3) is 0 Å². The Kier molecular flexibility index (Phi) is 7.88. The van der Waals surface area contributed by atoms with E-state index >= 15 is 0 Å². The summed E-state index contributed by atoms with van der Waals surface area (Å²) in [5.41, 5.74) is 4.66. The fourth-order valence-electron chi connectivity index (χ4n) is 1.41. The third kappa shape index (κ3) is 4.79. The van der Waals surface area contributed by atoms with Crippen LogP contribution in [0.15, 0.2) is 12.3 Å². The van der Waals surface area contributed by atoms with Gasteiger partial charge in [0, 0.05) is 13.3 Å². The van der Waals surface area contributed by atoms with Crippen LogP contribution in [-0.2, 0) is 9.53 Å². The fourth-order valence-corrected chi connectivity index (χ4v) is 1.74. The average molecular weight is 276 g/mol. The molecule has 0 aromatic heterocycles. The van der Waals surface area contributed by atoms with Crippen molar-refractivity contribution >= 4 is 23.0 Å². The molecule has 1 saturated heterocycles. The molecular weight excluding hydrogens is 256 g/mol. The Labute approximate surface area is 112 Å². The summed E-state index contributed by atoms with van der Waals surface area (Å²) in [5, 5.41) is 21.1. The number of ketones is 1. The minimum Gasteiger partial charge on any atom is -0.394 e. The topological polar surface area (TPSA) is 105 Å². The lowest BCUT2D eigenvalue weighted by atomic mass is 10.1. The van der Waals surface area contributed by atoms with Crippen molar-refractivity contribution in [2.75, 3.05) is 13.7 Å². The van der Waals surface area contributed by atoms with E-state index < -0.39 is 18.3 Å². The second-order valence-electron chi connectivity index (χ2n) is 3.69. The van der Waals surface area contributed by atoms with Crippen molar-refractivity contribution in [2.24, 2.45) is 5.73 Å². The molecule has 18 heavy (non-hydrogen) atoms. The molecule has 0 radical (unpaired) electrons. The lowest BCUT2D eigenvalue weighted by Gasteiger charge is -2.17. The van der Waals surface area contributed by atoms with Crippen LogP contribution in [0.25, 0.3) is 0 Å². The van der Waals surface area contributed by atoms with Crippen molar-refractivity contribution in [1.29, 1.82) is 0 Å². The maximum atomic E-state index is 10.9. The van der Waals surface area contributed by atoms with E-state index in [4.69, 9.17) is 22.1 Å². The van der Waals surface area contributed by atoms with Crippen LogP contribution in [-0.4, -0.2) is 53.0 Å². The molecule has 104 valence electrons. The van der Waals surface area contributed by atoms with Gasteiger partial charge < -0.3 is 26.0 Å². The van der Waals surface area contributed by atoms with Crippen molar-refractivity contribution in [2.45, 2.75) is 31.7 Å². The third-order valence-electron chi connectivity index (χ3n) is 2.35. The van der Waals surface area contributed by atoms with Crippen molar-refractivity contribution in [1.82, 2.24) is 5.32 Å². The van der Waals surface area contributed by atoms with Crippen LogP contribution in [0.2, 0.25) is 0 Å². The second kappa shape index (κ2) is 8.28. The normalized spacial score (nSPS) is 25.9. The van der Waals surface area contributed by atoms with Gasteiger partial charge in [0.15, 0.2) is 5.78 Å². The summed E-state index contributed by atoms with van der Waals surface area (Å²) in [6, 6.07) is 0. The van der Waals surface area contributed by atoms with Crippen LogP contribution in [0.5, 0.6) is 0 Å². The number of aliphatic hydroxyl groups is 2. The number of hydrogen-bond acceptors (Lipinski definition) is 6. The first-order valence-electron chi connectivity index (χ1n) is 5.48. The van der Waals surface area contributed by atoms with Gasteiger partial charge in [0.05, 0.1) is 24.5 Å². The predicted octanol–water partition coefficient (Wildman–Crippen LogP) is -0.908. The fraction of sp³-hybridized carbons (Fsp3) is 0.636. The number of aliphatic hydroxyl groups excluding tert-OH is 2. The van der Waals surface area contributed by atoms with Crippen molar-refractivity contribution < 1.29 is 19.7 Å². The van der Waals surface area contributed by atoms with E-state index in [1.165, 1.54) is 14.0 Å². The first-order valence-corrected chi connectivity index (χ1v) is 5.89. The highest BCUT2D eigenvalue weighted by Crippen LogP contribution is 2.21. The number of allylic oxidation sites excluding steroid dienone is 1. The molecule has 7 heteroatoms. The maximum absolute atomic E-state index is 10.9. The number of nitrogens with one attached hydrogen (secondary N) is 1. The van der Waals surface area contributed by atoms with E-state index in [9.17, 15) is 9.90 Å². The van der Waals surface area contributed by atoms with Gasteiger partial charge in [-0.1, -0.05) is 18.8 Å². The molecule has 0 bridgehead atoms. The van der Waals surface area contributed by atoms with Crippen molar-refractivity contribution in [3.8, 4) is 0 Å². The quantitative estimate of drug-likeness (QED) is 0.389. The van der Waals surface area contributed by atoms with Crippen LogP contribution >= 0.6 is 12.2 Å². The largest absolute Gasteiger partial charge is 0.394 e. The SMILES string of the molecule is C=C(NC(=S)C1O[C@H](CO)C[C@@H]1O)C(C)=O.CN. The summed E-state index contributed by atoms with van der Waals surface area (Å²) in [7, 11) is 1.50. The Morgan fingerprint density at radius 1 is 1.61 bits per heavy atom. The monoisotopic (exact) mass is 276 g/mol. The molecule has 0 aliphatic carbocycles. The number of nitrogens with two attached hydrogens (primary N) is 1. The minimum absolute atomic E-state index is 0.160. The summed E-state index contributed by atoms with van der Waals surface area (Å²) in [6.07, 6.45) is -1.54. The number of rotatable bonds is 4. The lowest BCUT2D eigenvalue weighted by molar-refractivity contribution is -0.113. The molecule has 0 spiro atoms. The van der Waals surface area contributed by atoms with Gasteiger partial charge in [-0.25, -0.2) is 0 Å². The molecule has 1 aliphatic rings. The van der Waals surface area contributed by atoms with Gasteiger partial charge >= 0.3 is 0 Å². The minimum atomic E-state index is -0.767. The summed E-state index contributed by atoms with van der Waals surface area (Å²) in [5.74, 6) is -0.228. The Morgan fingerprint density at radius 3 is 2.56 bits per heavy atom. The zero-order valence-electron chi connectivity index (χ0n) is 10.5. The van der Waals surface area contributed by atoms with E-state index in [2.05, 4.69) is 17.6 Å². The van der Waals surface area contributed by atoms with Crippen LogP contribution in [0.3, 0.4) is 0 Å². The van der Waals surface area contributed by atoms with E-state index in [0.29, 0.717) is 6.42 Å². The van der Waals surface area contributed by atoms with Gasteiger partial charge in [0.1, 0.15) is 11.1 Å². The Bertz CT molecular complexity index is 322. The second-order valence-corrected chi connectivity index (χ2v) is 4.13. The molecule has 0 amide bonds. The Hall–Kier alpha value is -0.860. The van der Waals surface area contributed by atoms with E-state index in [1.807, 2.05) is 0 Å². The van der Waals surface area contributed by atoms with Crippen LogP contribution in [0.1, 0.15) is 13.3 Å². The van der Waals surface area contributed by atoms with E-state index in [-0.39, 0.29) is 23.1 Å². The van der Waals surface area contributed by atoms with Crippen LogP contribution in [0, 0.1) is 0 Å². The van der Waals surface area contributed by atoms with Crippen molar-refractivity contribution in [3.63, 3.8) is 0 Å². The number of carbonyl (C=O) groups is 1. The number of carbonyl (C=O) groups excluding carboxylic acids is 1. The number of Topliss-reactive ketones (excluding diaryl/α,β-unsaturated/α-hetero) is 1. The smallest absolute Gasteiger partial charge is 0.175 e. The molecule has 3 atom stereocenters. The summed E-state index contributed by atoms with van der Waals surface area (Å²) >= 11 is 5.00.